The van der Waals surface area contributed by atoms with Gasteiger partial charge in [-0.2, -0.15) is 0 Å². The summed E-state index contributed by atoms with van der Waals surface area (Å²) in [6.45, 7) is 5.62. The van der Waals surface area contributed by atoms with Crippen LogP contribution >= 0.6 is 0 Å². The van der Waals surface area contributed by atoms with Gasteiger partial charge in [0.15, 0.2) is 11.9 Å². The Kier molecular flexibility index (Phi) is 3.79. The lowest BCUT2D eigenvalue weighted by Gasteiger charge is -2.20. The van der Waals surface area contributed by atoms with Crippen LogP contribution < -0.4 is 15.7 Å². The van der Waals surface area contributed by atoms with E-state index < -0.39 is 17.6 Å². The molecular weight excluding hydrogens is 336 g/mol. The third-order valence-electron chi connectivity index (χ3n) is 4.56. The fourth-order valence-corrected chi connectivity index (χ4v) is 3.42. The molecule has 2 aromatic heterocycles. The first-order valence-corrected chi connectivity index (χ1v) is 8.42. The van der Waals surface area contributed by atoms with Crippen LogP contribution in [0.15, 0.2) is 44.1 Å². The number of aromatic nitrogens is 1. The number of fused-ring (bicyclic) bond motifs is 3. The van der Waals surface area contributed by atoms with Crippen LogP contribution in [0.5, 0.6) is 5.75 Å². The third-order valence-corrected chi connectivity index (χ3v) is 4.56. The van der Waals surface area contributed by atoms with Crippen molar-refractivity contribution in [1.82, 2.24) is 5.16 Å². The van der Waals surface area contributed by atoms with Gasteiger partial charge in [-0.25, -0.2) is 4.79 Å². The molecule has 7 nitrogen and oxygen atoms in total. The summed E-state index contributed by atoms with van der Waals surface area (Å²) in [7, 11) is 0. The zero-order valence-corrected chi connectivity index (χ0v) is 14.6. The zero-order valence-electron chi connectivity index (χ0n) is 14.6. The van der Waals surface area contributed by atoms with Crippen LogP contribution in [-0.2, 0) is 4.79 Å². The van der Waals surface area contributed by atoms with Crippen molar-refractivity contribution in [3.63, 3.8) is 0 Å². The molecule has 0 bridgehead atoms. The number of anilines is 1. The number of ether oxygens (including phenoxy) is 1. The summed E-state index contributed by atoms with van der Waals surface area (Å²) in [5.74, 6) is 0.520. The van der Waals surface area contributed by atoms with Gasteiger partial charge in [0.05, 0.1) is 10.9 Å². The van der Waals surface area contributed by atoms with E-state index in [1.54, 1.807) is 25.1 Å². The number of hydrogen-bond acceptors (Lipinski definition) is 6. The van der Waals surface area contributed by atoms with E-state index in [1.165, 1.54) is 0 Å². The number of carbonyl (C=O) groups excluding carboxylic acids is 1. The molecule has 0 saturated carbocycles. The number of hydrogen-bond donors (Lipinski definition) is 1. The van der Waals surface area contributed by atoms with E-state index in [0.717, 1.165) is 0 Å². The van der Waals surface area contributed by atoms with Crippen molar-refractivity contribution in [1.29, 1.82) is 0 Å². The van der Waals surface area contributed by atoms with Crippen molar-refractivity contribution in [3.8, 4) is 5.75 Å². The number of nitrogens with one attached hydrogen (secondary N) is 1. The van der Waals surface area contributed by atoms with Crippen LogP contribution in [0.4, 0.5) is 5.82 Å². The quantitative estimate of drug-likeness (QED) is 0.726. The number of amides is 1. The lowest BCUT2D eigenvalue weighted by molar-refractivity contribution is -0.123. The van der Waals surface area contributed by atoms with Crippen molar-refractivity contribution in [2.24, 2.45) is 5.92 Å². The Hall–Kier alpha value is -3.09. The van der Waals surface area contributed by atoms with Crippen molar-refractivity contribution in [2.45, 2.75) is 32.8 Å². The maximum absolute atomic E-state index is 12.8. The molecule has 0 spiro atoms. The fourth-order valence-electron chi connectivity index (χ4n) is 3.42. The Morgan fingerprint density at radius 1 is 1.27 bits per heavy atom. The average molecular weight is 354 g/mol. The normalized spacial score (nSPS) is 18.8. The molecule has 0 unspecified atom stereocenters. The minimum absolute atomic E-state index is 0.00453. The standard InChI is InChI=1S/C19H18N2O5/c1-9(2)14-15-16(11-6-4-5-7-12(11)24-19(15)23)25-17(14)18(22)20-13-8-10(3)26-21-13/h4-9,14,17H,1-3H3,(H,20,21,22)/t14-,17+/m1/s1. The summed E-state index contributed by atoms with van der Waals surface area (Å²) in [6.07, 6.45) is -0.851. The SMILES string of the molecule is Cc1cc(NC(=O)[C@H]2Oc3c(c(=O)oc4ccccc34)[C@H]2C(C)C)no1. The lowest BCUT2D eigenvalue weighted by Crippen LogP contribution is -2.37. The van der Waals surface area contributed by atoms with E-state index in [0.29, 0.717) is 33.9 Å². The molecular formula is C19H18N2O5. The van der Waals surface area contributed by atoms with Gasteiger partial charge in [-0.05, 0) is 25.0 Å². The van der Waals surface area contributed by atoms with Crippen LogP contribution in [0.3, 0.4) is 0 Å². The molecule has 0 fully saturated rings. The second kappa shape index (κ2) is 6.01. The fraction of sp³-hybridized carbons (Fsp3) is 0.316. The number of nitrogens with zero attached hydrogens (tertiary/aromatic N) is 1. The largest absolute Gasteiger partial charge is 0.479 e. The maximum atomic E-state index is 12.8. The second-order valence-electron chi connectivity index (χ2n) is 6.75. The Bertz CT molecular complexity index is 1050. The smallest absolute Gasteiger partial charge is 0.343 e. The zero-order chi connectivity index (χ0) is 18.4. The Balaban J connectivity index is 1.77. The summed E-state index contributed by atoms with van der Waals surface area (Å²) in [5.41, 5.74) is 0.382. The predicted octanol–water partition coefficient (Wildman–Crippen LogP) is 3.23. The molecule has 0 radical (unpaired) electrons. The molecule has 1 amide bonds. The number of carbonyl (C=O) groups is 1. The monoisotopic (exact) mass is 354 g/mol. The molecule has 1 aromatic carbocycles. The Labute approximate surface area is 148 Å². The van der Waals surface area contributed by atoms with Crippen LogP contribution in [0.25, 0.3) is 11.0 Å². The van der Waals surface area contributed by atoms with Crippen LogP contribution in [0, 0.1) is 12.8 Å². The first-order chi connectivity index (χ1) is 12.5. The number of rotatable bonds is 3. The third kappa shape index (κ3) is 2.56. The van der Waals surface area contributed by atoms with E-state index >= 15 is 0 Å². The number of aryl methyl sites for hydroxylation is 1. The van der Waals surface area contributed by atoms with Gasteiger partial charge in [0.2, 0.25) is 0 Å². The maximum Gasteiger partial charge on any atom is 0.343 e. The minimum atomic E-state index is -0.851. The second-order valence-corrected chi connectivity index (χ2v) is 6.75. The summed E-state index contributed by atoms with van der Waals surface area (Å²) in [6, 6.07) is 8.76. The Morgan fingerprint density at radius 2 is 2.04 bits per heavy atom. The summed E-state index contributed by atoms with van der Waals surface area (Å²) in [4.78, 5) is 25.4. The van der Waals surface area contributed by atoms with Crippen LogP contribution in [0.2, 0.25) is 0 Å². The molecule has 1 N–H and O–H groups in total. The highest BCUT2D eigenvalue weighted by molar-refractivity contribution is 5.96. The van der Waals surface area contributed by atoms with Gasteiger partial charge in [0, 0.05) is 12.0 Å². The van der Waals surface area contributed by atoms with Gasteiger partial charge in [-0.1, -0.05) is 31.1 Å². The topological polar surface area (TPSA) is 94.6 Å². The van der Waals surface area contributed by atoms with Gasteiger partial charge in [0.1, 0.15) is 17.1 Å². The highest BCUT2D eigenvalue weighted by Gasteiger charge is 2.44. The molecule has 3 heterocycles. The van der Waals surface area contributed by atoms with Gasteiger partial charge in [0.25, 0.3) is 5.91 Å². The first kappa shape index (κ1) is 16.4. The van der Waals surface area contributed by atoms with Crippen LogP contribution in [0.1, 0.15) is 31.1 Å². The van der Waals surface area contributed by atoms with Gasteiger partial charge < -0.3 is 19.0 Å². The number of benzene rings is 1. The van der Waals surface area contributed by atoms with Gasteiger partial charge in [-0.15, -0.1) is 0 Å². The molecule has 0 aliphatic carbocycles. The lowest BCUT2D eigenvalue weighted by atomic mass is 9.85. The van der Waals surface area contributed by atoms with Crippen molar-refractivity contribution < 1.29 is 18.5 Å². The average Bonchev–Trinajstić information content (AvgIpc) is 3.19. The molecule has 26 heavy (non-hydrogen) atoms. The first-order valence-electron chi connectivity index (χ1n) is 8.42. The Morgan fingerprint density at radius 3 is 2.73 bits per heavy atom. The number of para-hydroxylation sites is 1. The van der Waals surface area contributed by atoms with E-state index in [1.807, 2.05) is 26.0 Å². The highest BCUT2D eigenvalue weighted by Crippen LogP contribution is 2.44. The van der Waals surface area contributed by atoms with E-state index in [-0.39, 0.29) is 11.8 Å². The van der Waals surface area contributed by atoms with E-state index in [2.05, 4.69) is 10.5 Å². The molecule has 1 aliphatic heterocycles. The highest BCUT2D eigenvalue weighted by atomic mass is 16.5. The molecule has 4 rings (SSSR count). The summed E-state index contributed by atoms with van der Waals surface area (Å²) in [5, 5.41) is 7.14. The summed E-state index contributed by atoms with van der Waals surface area (Å²) < 4.78 is 16.4. The van der Waals surface area contributed by atoms with E-state index in [4.69, 9.17) is 13.7 Å². The van der Waals surface area contributed by atoms with Crippen molar-refractivity contribution in [2.75, 3.05) is 5.32 Å². The molecule has 7 heteroatoms. The minimum Gasteiger partial charge on any atom is -0.479 e. The molecule has 0 saturated heterocycles. The van der Waals surface area contributed by atoms with Crippen LogP contribution in [-0.4, -0.2) is 17.2 Å². The van der Waals surface area contributed by atoms with Crippen molar-refractivity contribution >= 4 is 22.7 Å². The summed E-state index contributed by atoms with van der Waals surface area (Å²) >= 11 is 0. The van der Waals surface area contributed by atoms with Gasteiger partial charge >= 0.3 is 5.63 Å². The van der Waals surface area contributed by atoms with E-state index in [9.17, 15) is 9.59 Å². The van der Waals surface area contributed by atoms with Gasteiger partial charge in [-0.3, -0.25) is 4.79 Å². The molecule has 2 atom stereocenters. The molecule has 1 aliphatic rings. The predicted molar refractivity (Wildman–Crippen MR) is 94.3 cm³/mol. The molecule has 134 valence electrons. The van der Waals surface area contributed by atoms with Crippen molar-refractivity contribution in [3.05, 3.63) is 52.1 Å². The molecule has 3 aromatic rings.